The molecule has 1 saturated carbocycles. The number of ether oxygens (including phenoxy) is 1. The number of hydrogen-bond acceptors (Lipinski definition) is 3. The SMILES string of the molecule is Cc1ccc(NC(=O)[C@H](OC(=O)[C@@H]2C[C@@H]2C)c2ccccc2)cc1Cl. The lowest BCUT2D eigenvalue weighted by molar-refractivity contribution is -0.156. The Hall–Kier alpha value is -2.33. The monoisotopic (exact) mass is 357 g/mol. The number of amides is 1. The molecule has 0 radical (unpaired) electrons. The predicted octanol–water partition coefficient (Wildman–Crippen LogP) is 4.53. The molecule has 1 amide bonds. The summed E-state index contributed by atoms with van der Waals surface area (Å²) in [6.45, 7) is 3.89. The Morgan fingerprint density at radius 3 is 2.48 bits per heavy atom. The van der Waals surface area contributed by atoms with E-state index in [-0.39, 0.29) is 11.9 Å². The topological polar surface area (TPSA) is 55.4 Å². The third kappa shape index (κ3) is 4.20. The summed E-state index contributed by atoms with van der Waals surface area (Å²) in [5.74, 6) is -0.498. The van der Waals surface area contributed by atoms with E-state index in [0.29, 0.717) is 22.2 Å². The molecule has 1 fully saturated rings. The van der Waals surface area contributed by atoms with Gasteiger partial charge in [-0.3, -0.25) is 9.59 Å². The number of hydrogen-bond donors (Lipinski definition) is 1. The molecular weight excluding hydrogens is 338 g/mol. The molecule has 3 rings (SSSR count). The van der Waals surface area contributed by atoms with E-state index >= 15 is 0 Å². The Morgan fingerprint density at radius 1 is 1.20 bits per heavy atom. The molecule has 25 heavy (non-hydrogen) atoms. The molecule has 1 aliphatic rings. The lowest BCUT2D eigenvalue weighted by atomic mass is 10.1. The second kappa shape index (κ2) is 7.28. The molecule has 1 aliphatic carbocycles. The maximum Gasteiger partial charge on any atom is 0.310 e. The Bertz CT molecular complexity index is 791. The van der Waals surface area contributed by atoms with Crippen LogP contribution in [-0.4, -0.2) is 11.9 Å². The van der Waals surface area contributed by atoms with Crippen LogP contribution in [0.5, 0.6) is 0 Å². The summed E-state index contributed by atoms with van der Waals surface area (Å²) in [5.41, 5.74) is 2.13. The van der Waals surface area contributed by atoms with E-state index in [4.69, 9.17) is 16.3 Å². The fourth-order valence-corrected chi connectivity index (χ4v) is 2.81. The van der Waals surface area contributed by atoms with Crippen LogP contribution in [0.15, 0.2) is 48.5 Å². The van der Waals surface area contributed by atoms with E-state index < -0.39 is 12.0 Å². The summed E-state index contributed by atoms with van der Waals surface area (Å²) in [5, 5.41) is 3.35. The highest BCUT2D eigenvalue weighted by Gasteiger charge is 2.42. The molecule has 0 heterocycles. The number of aryl methyl sites for hydroxylation is 1. The smallest absolute Gasteiger partial charge is 0.310 e. The molecule has 2 aromatic rings. The molecule has 0 aliphatic heterocycles. The predicted molar refractivity (Wildman–Crippen MR) is 97.4 cm³/mol. The van der Waals surface area contributed by atoms with Crippen LogP contribution < -0.4 is 5.32 Å². The van der Waals surface area contributed by atoms with Crippen molar-refractivity contribution in [1.29, 1.82) is 0 Å². The summed E-state index contributed by atoms with van der Waals surface area (Å²) in [6, 6.07) is 14.3. The summed E-state index contributed by atoms with van der Waals surface area (Å²) >= 11 is 6.11. The van der Waals surface area contributed by atoms with Crippen LogP contribution in [0.2, 0.25) is 5.02 Å². The van der Waals surface area contributed by atoms with Crippen molar-refractivity contribution in [2.75, 3.05) is 5.32 Å². The lowest BCUT2D eigenvalue weighted by Gasteiger charge is -2.18. The van der Waals surface area contributed by atoms with Crippen molar-refractivity contribution < 1.29 is 14.3 Å². The second-order valence-corrected chi connectivity index (χ2v) is 6.91. The fourth-order valence-electron chi connectivity index (χ4n) is 2.63. The summed E-state index contributed by atoms with van der Waals surface area (Å²) in [7, 11) is 0. The Labute approximate surface area is 152 Å². The number of anilines is 1. The van der Waals surface area contributed by atoms with Crippen molar-refractivity contribution in [3.05, 3.63) is 64.7 Å². The van der Waals surface area contributed by atoms with Crippen LogP contribution in [0, 0.1) is 18.8 Å². The van der Waals surface area contributed by atoms with Crippen molar-refractivity contribution in [3.8, 4) is 0 Å². The van der Waals surface area contributed by atoms with Crippen LogP contribution in [0.3, 0.4) is 0 Å². The van der Waals surface area contributed by atoms with Gasteiger partial charge in [-0.15, -0.1) is 0 Å². The van der Waals surface area contributed by atoms with Gasteiger partial charge >= 0.3 is 5.97 Å². The molecule has 0 saturated heterocycles. The first-order chi connectivity index (χ1) is 12.0. The third-order valence-corrected chi connectivity index (χ3v) is 4.83. The molecule has 0 unspecified atom stereocenters. The largest absolute Gasteiger partial charge is 0.447 e. The number of benzene rings is 2. The van der Waals surface area contributed by atoms with Crippen molar-refractivity contribution in [2.24, 2.45) is 11.8 Å². The Morgan fingerprint density at radius 2 is 1.88 bits per heavy atom. The molecule has 130 valence electrons. The number of carbonyl (C=O) groups is 2. The number of halogens is 1. The van der Waals surface area contributed by atoms with Gasteiger partial charge in [0.05, 0.1) is 5.92 Å². The molecular formula is C20H20ClNO3. The third-order valence-electron chi connectivity index (χ3n) is 4.43. The molecule has 4 nitrogen and oxygen atoms in total. The summed E-state index contributed by atoms with van der Waals surface area (Å²) < 4.78 is 5.53. The summed E-state index contributed by atoms with van der Waals surface area (Å²) in [6.07, 6.45) is -0.170. The van der Waals surface area contributed by atoms with E-state index in [1.807, 2.05) is 38.1 Å². The number of rotatable bonds is 5. The Kier molecular flexibility index (Phi) is 5.09. The minimum atomic E-state index is -0.985. The van der Waals surface area contributed by atoms with E-state index in [0.717, 1.165) is 12.0 Å². The molecule has 2 aromatic carbocycles. The lowest BCUT2D eigenvalue weighted by Crippen LogP contribution is -2.26. The molecule has 1 N–H and O–H groups in total. The normalized spacial score (nSPS) is 19.8. The van der Waals surface area contributed by atoms with Crippen LogP contribution in [0.25, 0.3) is 0 Å². The second-order valence-electron chi connectivity index (χ2n) is 6.50. The van der Waals surface area contributed by atoms with E-state index in [1.54, 1.807) is 24.3 Å². The minimum Gasteiger partial charge on any atom is -0.447 e. The maximum absolute atomic E-state index is 12.7. The Balaban J connectivity index is 1.79. The van der Waals surface area contributed by atoms with Crippen molar-refractivity contribution in [1.82, 2.24) is 0 Å². The average Bonchev–Trinajstić information content (AvgIpc) is 3.33. The average molecular weight is 358 g/mol. The van der Waals surface area contributed by atoms with Crippen LogP contribution in [0.4, 0.5) is 5.69 Å². The van der Waals surface area contributed by atoms with Crippen LogP contribution in [0.1, 0.15) is 30.6 Å². The van der Waals surface area contributed by atoms with E-state index in [2.05, 4.69) is 5.32 Å². The van der Waals surface area contributed by atoms with Gasteiger partial charge in [-0.2, -0.15) is 0 Å². The van der Waals surface area contributed by atoms with Crippen molar-refractivity contribution >= 4 is 29.2 Å². The highest BCUT2D eigenvalue weighted by Crippen LogP contribution is 2.40. The maximum atomic E-state index is 12.7. The van der Waals surface area contributed by atoms with Crippen molar-refractivity contribution in [3.63, 3.8) is 0 Å². The van der Waals surface area contributed by atoms with Crippen LogP contribution >= 0.6 is 11.6 Å². The number of nitrogens with one attached hydrogen (secondary N) is 1. The zero-order chi connectivity index (χ0) is 18.0. The zero-order valence-electron chi connectivity index (χ0n) is 14.2. The van der Waals surface area contributed by atoms with Gasteiger partial charge in [0.2, 0.25) is 6.10 Å². The molecule has 0 bridgehead atoms. The molecule has 0 spiro atoms. The fraction of sp³-hybridized carbons (Fsp3) is 0.300. The van der Waals surface area contributed by atoms with Crippen molar-refractivity contribution in [2.45, 2.75) is 26.4 Å². The van der Waals surface area contributed by atoms with Gasteiger partial charge in [0.25, 0.3) is 5.91 Å². The molecule has 5 heteroatoms. The van der Waals surface area contributed by atoms with E-state index in [9.17, 15) is 9.59 Å². The van der Waals surface area contributed by atoms with Gasteiger partial charge in [0, 0.05) is 16.3 Å². The zero-order valence-corrected chi connectivity index (χ0v) is 14.9. The minimum absolute atomic E-state index is 0.104. The quantitative estimate of drug-likeness (QED) is 0.800. The van der Waals surface area contributed by atoms with Gasteiger partial charge in [-0.05, 0) is 37.0 Å². The highest BCUT2D eigenvalue weighted by atomic mass is 35.5. The number of esters is 1. The van der Waals surface area contributed by atoms with Gasteiger partial charge in [-0.25, -0.2) is 0 Å². The highest BCUT2D eigenvalue weighted by molar-refractivity contribution is 6.31. The van der Waals surface area contributed by atoms with E-state index in [1.165, 1.54) is 0 Å². The van der Waals surface area contributed by atoms with Gasteiger partial charge in [0.1, 0.15) is 0 Å². The first kappa shape index (κ1) is 17.5. The van der Waals surface area contributed by atoms with Gasteiger partial charge in [-0.1, -0.05) is 54.9 Å². The van der Waals surface area contributed by atoms with Gasteiger partial charge < -0.3 is 10.1 Å². The first-order valence-corrected chi connectivity index (χ1v) is 8.66. The first-order valence-electron chi connectivity index (χ1n) is 8.28. The molecule has 3 atom stereocenters. The van der Waals surface area contributed by atoms with Gasteiger partial charge in [0.15, 0.2) is 0 Å². The van der Waals surface area contributed by atoms with Crippen LogP contribution in [-0.2, 0) is 14.3 Å². The number of carbonyl (C=O) groups excluding carboxylic acids is 2. The standard InChI is InChI=1S/C20H20ClNO3/c1-12-8-9-15(11-17(12)21)22-19(23)18(14-6-4-3-5-7-14)25-20(24)16-10-13(16)2/h3-9,11,13,16,18H,10H2,1-2H3,(H,22,23)/t13-,16+,18+/m0/s1. The summed E-state index contributed by atoms with van der Waals surface area (Å²) in [4.78, 5) is 25.0. The molecule has 0 aromatic heterocycles.